The number of fused-ring (bicyclic) bond motifs is 1. The van der Waals surface area contributed by atoms with Crippen LogP contribution in [0.25, 0.3) is 10.9 Å². The number of aliphatic imine (C=N–C) groups is 1. The minimum atomic E-state index is -0.00215. The molecular weight excluding hydrogens is 474 g/mol. The molecule has 1 saturated heterocycles. The molecule has 1 aliphatic rings. The van der Waals surface area contributed by atoms with Crippen LogP contribution in [0.4, 0.5) is 5.69 Å². The molecular formula is C28H27N3O4S. The van der Waals surface area contributed by atoms with Crippen LogP contribution in [0.2, 0.25) is 0 Å². The van der Waals surface area contributed by atoms with Gasteiger partial charge >= 0.3 is 0 Å². The molecule has 1 aromatic heterocycles. The van der Waals surface area contributed by atoms with Crippen molar-refractivity contribution in [2.75, 3.05) is 38.8 Å². The van der Waals surface area contributed by atoms with E-state index in [-0.39, 0.29) is 11.8 Å². The number of carbonyl (C=O) groups excluding carboxylic acids is 1. The molecule has 2 N–H and O–H groups in total. The Hall–Kier alpha value is -3.91. The summed E-state index contributed by atoms with van der Waals surface area (Å²) in [5.74, 6) is 3.10. The van der Waals surface area contributed by atoms with E-state index in [1.54, 1.807) is 20.3 Å². The molecule has 7 nitrogen and oxygen atoms in total. The number of aromatic amines is 1. The third kappa shape index (κ3) is 4.64. The van der Waals surface area contributed by atoms with Gasteiger partial charge in [0.1, 0.15) is 0 Å². The Bertz CT molecular complexity index is 1410. The first-order valence-corrected chi connectivity index (χ1v) is 12.8. The standard InChI is InChI=1S/C28H27N3O4S/c1-34-23-16-21-22(17-24(23)35-2)30-27(32)25(21)26(18-6-4-3-5-7-18)29-20-10-8-19(9-11-20)28(33)31-12-14-36-15-13-31/h3-11,16-17,30,32H,12-15H2,1-2H3. The zero-order valence-corrected chi connectivity index (χ0v) is 21.0. The number of aromatic hydroxyl groups is 1. The molecule has 0 radical (unpaired) electrons. The maximum Gasteiger partial charge on any atom is 0.253 e. The summed E-state index contributed by atoms with van der Waals surface area (Å²) < 4.78 is 10.9. The molecule has 0 atom stereocenters. The summed E-state index contributed by atoms with van der Waals surface area (Å²) in [5, 5.41) is 11.7. The minimum Gasteiger partial charge on any atom is -0.494 e. The highest BCUT2D eigenvalue weighted by Gasteiger charge is 2.22. The number of hydrogen-bond acceptors (Lipinski definition) is 6. The van der Waals surface area contributed by atoms with Crippen molar-refractivity contribution in [3.05, 3.63) is 83.4 Å². The fraction of sp³-hybridized carbons (Fsp3) is 0.214. The molecule has 8 heteroatoms. The first-order valence-electron chi connectivity index (χ1n) is 11.7. The number of carbonyl (C=O) groups is 1. The van der Waals surface area contributed by atoms with Gasteiger partial charge in [0.15, 0.2) is 17.4 Å². The number of nitrogens with one attached hydrogen (secondary N) is 1. The van der Waals surface area contributed by atoms with Crippen LogP contribution in [-0.2, 0) is 0 Å². The van der Waals surface area contributed by atoms with Gasteiger partial charge in [0.05, 0.1) is 36.7 Å². The summed E-state index contributed by atoms with van der Waals surface area (Å²) >= 11 is 1.87. The normalized spacial score (nSPS) is 14.2. The molecule has 1 aliphatic heterocycles. The van der Waals surface area contributed by atoms with E-state index < -0.39 is 0 Å². The molecule has 0 spiro atoms. The van der Waals surface area contributed by atoms with Crippen LogP contribution in [0.5, 0.6) is 17.4 Å². The molecule has 0 unspecified atom stereocenters. The first-order chi connectivity index (χ1) is 17.6. The van der Waals surface area contributed by atoms with E-state index >= 15 is 0 Å². The average molecular weight is 502 g/mol. The predicted octanol–water partition coefficient (Wildman–Crippen LogP) is 5.25. The van der Waals surface area contributed by atoms with Gasteiger partial charge in [-0.25, -0.2) is 4.99 Å². The predicted molar refractivity (Wildman–Crippen MR) is 144 cm³/mol. The van der Waals surface area contributed by atoms with Gasteiger partial charge in [-0.2, -0.15) is 11.8 Å². The number of benzene rings is 3. The topological polar surface area (TPSA) is 87.2 Å². The summed E-state index contributed by atoms with van der Waals surface area (Å²) in [6.07, 6.45) is 0. The van der Waals surface area contributed by atoms with Crippen LogP contribution in [0.3, 0.4) is 0 Å². The molecule has 2 heterocycles. The number of methoxy groups -OCH3 is 2. The Labute approximate surface area is 213 Å². The van der Waals surface area contributed by atoms with E-state index in [0.717, 1.165) is 35.5 Å². The van der Waals surface area contributed by atoms with Crippen LogP contribution in [0.15, 0.2) is 71.7 Å². The van der Waals surface area contributed by atoms with Crippen molar-refractivity contribution in [3.63, 3.8) is 0 Å². The molecule has 0 saturated carbocycles. The van der Waals surface area contributed by atoms with Gasteiger partial charge < -0.3 is 24.5 Å². The van der Waals surface area contributed by atoms with Crippen molar-refractivity contribution >= 4 is 40.0 Å². The lowest BCUT2D eigenvalue weighted by Gasteiger charge is -2.26. The number of rotatable bonds is 6. The summed E-state index contributed by atoms with van der Waals surface area (Å²) in [5.41, 5.74) is 4.02. The Balaban J connectivity index is 1.58. The first kappa shape index (κ1) is 23.8. The van der Waals surface area contributed by atoms with Crippen molar-refractivity contribution in [3.8, 4) is 17.4 Å². The molecule has 1 amide bonds. The Morgan fingerprint density at radius 2 is 1.61 bits per heavy atom. The van der Waals surface area contributed by atoms with Crippen molar-refractivity contribution in [1.29, 1.82) is 0 Å². The summed E-state index contributed by atoms with van der Waals surface area (Å²) in [6.45, 7) is 1.55. The molecule has 0 aliphatic carbocycles. The number of amides is 1. The minimum absolute atomic E-state index is 0.00215. The maximum absolute atomic E-state index is 12.9. The van der Waals surface area contributed by atoms with Crippen molar-refractivity contribution in [2.45, 2.75) is 0 Å². The van der Waals surface area contributed by atoms with Crippen LogP contribution in [0.1, 0.15) is 21.5 Å². The van der Waals surface area contributed by atoms with Crippen molar-refractivity contribution in [1.82, 2.24) is 9.88 Å². The third-order valence-electron chi connectivity index (χ3n) is 6.22. The van der Waals surface area contributed by atoms with E-state index in [1.165, 1.54) is 0 Å². The highest BCUT2D eigenvalue weighted by atomic mass is 32.2. The van der Waals surface area contributed by atoms with Gasteiger partial charge in [0.25, 0.3) is 5.91 Å². The van der Waals surface area contributed by atoms with E-state index in [0.29, 0.717) is 39.5 Å². The van der Waals surface area contributed by atoms with Crippen LogP contribution in [-0.4, -0.2) is 65.4 Å². The van der Waals surface area contributed by atoms with Gasteiger partial charge in [0.2, 0.25) is 0 Å². The molecule has 0 bridgehead atoms. The lowest BCUT2D eigenvalue weighted by atomic mass is 10.0. The summed E-state index contributed by atoms with van der Waals surface area (Å²) in [4.78, 5) is 22.7. The van der Waals surface area contributed by atoms with Gasteiger partial charge in [-0.15, -0.1) is 0 Å². The molecule has 184 valence electrons. The van der Waals surface area contributed by atoms with Crippen LogP contribution < -0.4 is 9.47 Å². The Kier molecular flexibility index (Phi) is 6.86. The third-order valence-corrected chi connectivity index (χ3v) is 7.16. The number of hydrogen-bond donors (Lipinski definition) is 2. The fourth-order valence-corrected chi connectivity index (χ4v) is 5.27. The Morgan fingerprint density at radius 1 is 0.944 bits per heavy atom. The average Bonchev–Trinajstić information content (AvgIpc) is 3.26. The highest BCUT2D eigenvalue weighted by Crippen LogP contribution is 2.38. The van der Waals surface area contributed by atoms with E-state index in [4.69, 9.17) is 14.5 Å². The molecule has 4 aromatic rings. The largest absolute Gasteiger partial charge is 0.494 e. The van der Waals surface area contributed by atoms with Gasteiger partial charge in [-0.05, 0) is 30.3 Å². The summed E-state index contributed by atoms with van der Waals surface area (Å²) in [6, 6.07) is 20.6. The van der Waals surface area contributed by atoms with E-state index in [9.17, 15) is 9.90 Å². The molecule has 5 rings (SSSR count). The van der Waals surface area contributed by atoms with Crippen LogP contribution in [0, 0.1) is 0 Å². The molecule has 36 heavy (non-hydrogen) atoms. The second-order valence-electron chi connectivity index (χ2n) is 8.38. The second-order valence-corrected chi connectivity index (χ2v) is 9.60. The Morgan fingerprint density at radius 3 is 2.28 bits per heavy atom. The maximum atomic E-state index is 12.9. The number of H-pyrrole nitrogens is 1. The van der Waals surface area contributed by atoms with Crippen molar-refractivity contribution < 1.29 is 19.4 Å². The number of thioether (sulfide) groups is 1. The zero-order chi connectivity index (χ0) is 25.1. The zero-order valence-electron chi connectivity index (χ0n) is 20.2. The number of aromatic nitrogens is 1. The van der Waals surface area contributed by atoms with E-state index in [2.05, 4.69) is 4.98 Å². The number of ether oxygens (including phenoxy) is 2. The molecule has 3 aromatic carbocycles. The smallest absolute Gasteiger partial charge is 0.253 e. The van der Waals surface area contributed by atoms with Gasteiger partial charge in [-0.1, -0.05) is 30.3 Å². The lowest BCUT2D eigenvalue weighted by Crippen LogP contribution is -2.37. The van der Waals surface area contributed by atoms with Gasteiger partial charge in [-0.3, -0.25) is 4.79 Å². The SMILES string of the molecule is COc1cc2[nH]c(O)c(C(=Nc3ccc(C(=O)N4CCSCC4)cc3)c3ccccc3)c2cc1OC. The fourth-order valence-electron chi connectivity index (χ4n) is 4.36. The monoisotopic (exact) mass is 501 g/mol. The van der Waals surface area contributed by atoms with E-state index in [1.807, 2.05) is 77.3 Å². The van der Waals surface area contributed by atoms with Gasteiger partial charge in [0, 0.05) is 47.2 Å². The van der Waals surface area contributed by atoms with Crippen molar-refractivity contribution in [2.24, 2.45) is 4.99 Å². The quantitative estimate of drug-likeness (QED) is 0.353. The van der Waals surface area contributed by atoms with Crippen LogP contribution >= 0.6 is 11.8 Å². The summed E-state index contributed by atoms with van der Waals surface area (Å²) in [7, 11) is 3.15. The highest BCUT2D eigenvalue weighted by molar-refractivity contribution is 7.99. The molecule has 1 fully saturated rings. The second kappa shape index (κ2) is 10.4. The number of nitrogens with zero attached hydrogens (tertiary/aromatic N) is 2. The lowest BCUT2D eigenvalue weighted by molar-refractivity contribution is 0.0772.